The number of benzene rings is 1. The predicted molar refractivity (Wildman–Crippen MR) is 60.3 cm³/mol. The predicted octanol–water partition coefficient (Wildman–Crippen LogP) is 2.66. The molecule has 3 heteroatoms. The molecule has 0 heterocycles. The van der Waals surface area contributed by atoms with Gasteiger partial charge in [0.2, 0.25) is 0 Å². The number of hydrogen-bond acceptors (Lipinski definition) is 2. The topological polar surface area (TPSA) is 46.2 Å². The van der Waals surface area contributed by atoms with Gasteiger partial charge in [-0.15, -0.1) is 0 Å². The molecule has 0 radical (unpaired) electrons. The molecule has 0 saturated heterocycles. The third-order valence-corrected chi connectivity index (χ3v) is 3.46. The molecule has 1 fully saturated rings. The molecule has 76 valence electrons. The van der Waals surface area contributed by atoms with Crippen LogP contribution in [0.15, 0.2) is 16.6 Å². The van der Waals surface area contributed by atoms with E-state index < -0.39 is 0 Å². The molecular formula is C11H14BrNO. The largest absolute Gasteiger partial charge is 0.506 e. The quantitative estimate of drug-likeness (QED) is 0.854. The van der Waals surface area contributed by atoms with Crippen molar-refractivity contribution in [3.63, 3.8) is 0 Å². The molecule has 3 N–H and O–H groups in total. The van der Waals surface area contributed by atoms with Gasteiger partial charge >= 0.3 is 0 Å². The molecule has 14 heavy (non-hydrogen) atoms. The second kappa shape index (κ2) is 3.24. The minimum absolute atomic E-state index is 0.266. The van der Waals surface area contributed by atoms with Crippen molar-refractivity contribution in [2.75, 3.05) is 0 Å². The molecule has 0 aliphatic heterocycles. The molecule has 1 aliphatic carbocycles. The first-order chi connectivity index (χ1) is 6.57. The molecule has 1 aromatic carbocycles. The summed E-state index contributed by atoms with van der Waals surface area (Å²) in [5.41, 5.74) is 7.92. The van der Waals surface area contributed by atoms with Gasteiger partial charge in [0.1, 0.15) is 5.75 Å². The maximum atomic E-state index is 9.87. The average molecular weight is 256 g/mol. The number of rotatable bonds is 2. The summed E-state index contributed by atoms with van der Waals surface area (Å²) in [5.74, 6) is 0.308. The Balaban J connectivity index is 2.52. The van der Waals surface area contributed by atoms with Crippen LogP contribution in [0.2, 0.25) is 0 Å². The molecular weight excluding hydrogens is 242 g/mol. The molecule has 2 nitrogen and oxygen atoms in total. The van der Waals surface area contributed by atoms with E-state index in [-0.39, 0.29) is 5.54 Å². The van der Waals surface area contributed by atoms with E-state index >= 15 is 0 Å². The Hall–Kier alpha value is -0.540. The highest BCUT2D eigenvalue weighted by Gasteiger charge is 2.42. The van der Waals surface area contributed by atoms with Crippen molar-refractivity contribution in [3.05, 3.63) is 27.7 Å². The molecule has 1 aliphatic rings. The van der Waals surface area contributed by atoms with Gasteiger partial charge in [-0.1, -0.05) is 13.0 Å². The highest BCUT2D eigenvalue weighted by Crippen LogP contribution is 2.48. The fourth-order valence-electron chi connectivity index (χ4n) is 1.64. The molecule has 0 spiro atoms. The van der Waals surface area contributed by atoms with Gasteiger partial charge < -0.3 is 10.8 Å². The van der Waals surface area contributed by atoms with E-state index in [0.717, 1.165) is 29.3 Å². The number of halogens is 1. The Morgan fingerprint density at radius 1 is 1.50 bits per heavy atom. The SMILES string of the molecule is CCc1cc(Br)c(O)c(C2(N)CC2)c1. The van der Waals surface area contributed by atoms with E-state index in [1.165, 1.54) is 5.56 Å². The Kier molecular flexibility index (Phi) is 2.32. The number of aromatic hydroxyl groups is 1. The Morgan fingerprint density at radius 2 is 2.14 bits per heavy atom. The summed E-state index contributed by atoms with van der Waals surface area (Å²) in [6, 6.07) is 3.97. The fourth-order valence-corrected chi connectivity index (χ4v) is 2.15. The van der Waals surface area contributed by atoms with Crippen molar-refractivity contribution in [2.24, 2.45) is 5.73 Å². The Morgan fingerprint density at radius 3 is 2.64 bits per heavy atom. The van der Waals surface area contributed by atoms with Gasteiger partial charge in [0.05, 0.1) is 4.47 Å². The summed E-state index contributed by atoms with van der Waals surface area (Å²) in [6.07, 6.45) is 2.91. The minimum Gasteiger partial charge on any atom is -0.506 e. The van der Waals surface area contributed by atoms with Crippen LogP contribution in [-0.2, 0) is 12.0 Å². The Labute approximate surface area is 92.3 Å². The van der Waals surface area contributed by atoms with Gasteiger partial charge in [-0.3, -0.25) is 0 Å². The Bertz CT molecular complexity index is 372. The van der Waals surface area contributed by atoms with E-state index in [1.807, 2.05) is 12.1 Å². The van der Waals surface area contributed by atoms with Crippen LogP contribution < -0.4 is 5.73 Å². The van der Waals surface area contributed by atoms with Crippen molar-refractivity contribution < 1.29 is 5.11 Å². The summed E-state index contributed by atoms with van der Waals surface area (Å²) < 4.78 is 0.753. The highest BCUT2D eigenvalue weighted by molar-refractivity contribution is 9.10. The van der Waals surface area contributed by atoms with E-state index in [0.29, 0.717) is 5.75 Å². The standard InChI is InChI=1S/C11H14BrNO/c1-2-7-5-8(11(13)3-4-11)10(14)9(12)6-7/h5-6,14H,2-4,13H2,1H3. The molecule has 2 rings (SSSR count). The fraction of sp³-hybridized carbons (Fsp3) is 0.455. The first-order valence-electron chi connectivity index (χ1n) is 4.87. The maximum Gasteiger partial charge on any atom is 0.134 e. The van der Waals surface area contributed by atoms with Crippen molar-refractivity contribution in [2.45, 2.75) is 31.7 Å². The summed E-state index contributed by atoms with van der Waals surface area (Å²) in [5, 5.41) is 9.87. The van der Waals surface area contributed by atoms with E-state index in [4.69, 9.17) is 5.73 Å². The number of phenolic OH excluding ortho intramolecular Hbond substituents is 1. The number of nitrogens with two attached hydrogens (primary N) is 1. The molecule has 0 unspecified atom stereocenters. The van der Waals surface area contributed by atoms with Crippen LogP contribution in [0, 0.1) is 0 Å². The molecule has 0 atom stereocenters. The second-order valence-electron chi connectivity index (χ2n) is 3.98. The van der Waals surface area contributed by atoms with E-state index in [1.54, 1.807) is 0 Å². The zero-order chi connectivity index (χ0) is 10.3. The second-order valence-corrected chi connectivity index (χ2v) is 4.84. The van der Waals surface area contributed by atoms with Gasteiger partial charge in [0.15, 0.2) is 0 Å². The van der Waals surface area contributed by atoms with Crippen LogP contribution in [0.4, 0.5) is 0 Å². The van der Waals surface area contributed by atoms with Crippen LogP contribution in [-0.4, -0.2) is 5.11 Å². The van der Waals surface area contributed by atoms with Gasteiger partial charge in [0.25, 0.3) is 0 Å². The summed E-state index contributed by atoms with van der Waals surface area (Å²) >= 11 is 3.35. The smallest absolute Gasteiger partial charge is 0.134 e. The lowest BCUT2D eigenvalue weighted by molar-refractivity contribution is 0.456. The van der Waals surface area contributed by atoms with Gasteiger partial charge in [-0.25, -0.2) is 0 Å². The first kappa shape index (κ1) is 9.99. The van der Waals surface area contributed by atoms with Gasteiger partial charge in [-0.05, 0) is 46.8 Å². The van der Waals surface area contributed by atoms with Crippen molar-refractivity contribution in [3.8, 4) is 5.75 Å². The lowest BCUT2D eigenvalue weighted by Crippen LogP contribution is -2.19. The van der Waals surface area contributed by atoms with Crippen LogP contribution in [0.3, 0.4) is 0 Å². The van der Waals surface area contributed by atoms with E-state index in [9.17, 15) is 5.11 Å². The average Bonchev–Trinajstić information content (AvgIpc) is 2.89. The monoisotopic (exact) mass is 255 g/mol. The van der Waals surface area contributed by atoms with Crippen molar-refractivity contribution in [1.82, 2.24) is 0 Å². The van der Waals surface area contributed by atoms with Gasteiger partial charge in [0, 0.05) is 11.1 Å². The minimum atomic E-state index is -0.266. The zero-order valence-electron chi connectivity index (χ0n) is 8.18. The van der Waals surface area contributed by atoms with Crippen LogP contribution in [0.5, 0.6) is 5.75 Å². The van der Waals surface area contributed by atoms with E-state index in [2.05, 4.69) is 22.9 Å². The highest BCUT2D eigenvalue weighted by atomic mass is 79.9. The molecule has 0 amide bonds. The van der Waals surface area contributed by atoms with Crippen LogP contribution in [0.1, 0.15) is 30.9 Å². The normalized spacial score (nSPS) is 18.2. The van der Waals surface area contributed by atoms with Crippen molar-refractivity contribution in [1.29, 1.82) is 0 Å². The number of aryl methyl sites for hydroxylation is 1. The molecule has 1 aromatic rings. The van der Waals surface area contributed by atoms with Gasteiger partial charge in [-0.2, -0.15) is 0 Å². The lowest BCUT2D eigenvalue weighted by Gasteiger charge is -2.14. The summed E-state index contributed by atoms with van der Waals surface area (Å²) in [7, 11) is 0. The molecule has 1 saturated carbocycles. The molecule has 0 aromatic heterocycles. The zero-order valence-corrected chi connectivity index (χ0v) is 9.76. The number of phenols is 1. The third kappa shape index (κ3) is 1.55. The maximum absolute atomic E-state index is 9.87. The van der Waals surface area contributed by atoms with Crippen LogP contribution >= 0.6 is 15.9 Å². The summed E-state index contributed by atoms with van der Waals surface area (Å²) in [6.45, 7) is 2.10. The number of hydrogen-bond donors (Lipinski definition) is 2. The third-order valence-electron chi connectivity index (χ3n) is 2.86. The van der Waals surface area contributed by atoms with Crippen LogP contribution in [0.25, 0.3) is 0 Å². The van der Waals surface area contributed by atoms with Crippen molar-refractivity contribution >= 4 is 15.9 Å². The lowest BCUT2D eigenvalue weighted by atomic mass is 10.0. The molecule has 0 bridgehead atoms. The summed E-state index contributed by atoms with van der Waals surface area (Å²) in [4.78, 5) is 0. The first-order valence-corrected chi connectivity index (χ1v) is 5.67.